The van der Waals surface area contributed by atoms with Crippen molar-refractivity contribution in [2.75, 3.05) is 10.3 Å². The number of amides is 4. The minimum absolute atomic E-state index is 0.00523. The Bertz CT molecular complexity index is 2710. The molecule has 6 atom stereocenters. The number of hydrazine groups is 1. The summed E-state index contributed by atoms with van der Waals surface area (Å²) in [7, 11) is 0. The number of halogens is 6. The molecule has 9 rings (SSSR count). The Morgan fingerprint density at radius 1 is 0.836 bits per heavy atom. The van der Waals surface area contributed by atoms with Crippen LogP contribution in [0.2, 0.25) is 10.0 Å². The van der Waals surface area contributed by atoms with Gasteiger partial charge in [0.25, 0.3) is 11.8 Å². The maximum atomic E-state index is 15.4. The first-order valence-electron chi connectivity index (χ1n) is 19.0. The van der Waals surface area contributed by atoms with Crippen molar-refractivity contribution in [2.24, 2.45) is 23.7 Å². The van der Waals surface area contributed by atoms with Crippen LogP contribution in [-0.4, -0.2) is 44.5 Å². The van der Waals surface area contributed by atoms with Crippen LogP contribution in [0.25, 0.3) is 0 Å². The second-order valence-electron chi connectivity index (χ2n) is 15.4. The normalized spacial score (nSPS) is 24.6. The zero-order valence-corrected chi connectivity index (χ0v) is 32.9. The molecule has 0 spiro atoms. The molecule has 308 valence electrons. The molecule has 3 heterocycles. The number of pyridine rings is 1. The van der Waals surface area contributed by atoms with Crippen LogP contribution >= 0.6 is 23.2 Å². The Morgan fingerprint density at radius 3 is 2.20 bits per heavy atom. The molecule has 6 unspecified atom stereocenters. The predicted molar refractivity (Wildman–Crippen MR) is 214 cm³/mol. The van der Waals surface area contributed by atoms with Crippen molar-refractivity contribution >= 4 is 64.1 Å². The summed E-state index contributed by atoms with van der Waals surface area (Å²) < 4.78 is 56.0. The number of allylic oxidation sites excluding steroid dienone is 2. The second-order valence-corrected chi connectivity index (χ2v) is 16.2. The van der Waals surface area contributed by atoms with Gasteiger partial charge in [0.1, 0.15) is 0 Å². The zero-order valence-electron chi connectivity index (χ0n) is 31.4. The number of para-hydroxylation sites is 1. The van der Waals surface area contributed by atoms with Crippen LogP contribution in [-0.2, 0) is 30.8 Å². The molecule has 4 amide bonds. The van der Waals surface area contributed by atoms with Crippen LogP contribution < -0.4 is 10.3 Å². The number of hydrogen-bond donors (Lipinski definition) is 2. The summed E-state index contributed by atoms with van der Waals surface area (Å²) in [5, 5.41) is 11.7. The molecule has 2 aliphatic carbocycles. The maximum absolute atomic E-state index is 15.4. The van der Waals surface area contributed by atoms with Crippen molar-refractivity contribution in [1.29, 1.82) is 0 Å². The number of hydrogen-bond acceptors (Lipinski definition) is 8. The van der Waals surface area contributed by atoms with Gasteiger partial charge in [0.15, 0.2) is 23.2 Å². The molecule has 61 heavy (non-hydrogen) atoms. The molecule has 16 heteroatoms. The quantitative estimate of drug-likeness (QED) is 0.0718. The van der Waals surface area contributed by atoms with E-state index in [-0.39, 0.29) is 40.5 Å². The summed E-state index contributed by atoms with van der Waals surface area (Å²) in [5.41, 5.74) is 0.895. The standard InChI is InChI=1S/C45H30Cl2F4N4O6/c46-26-13-11-24(12-14-26)44-32(41(59)55(43(44)61)53-39-33(47)19-25(21-52-39)45(49,50)51)20-31-28(36(44)30-7-4-8-34(48)38(30)57)17-18-29-35(31)42(60)54(40(29)58)27-15-9-23(10-16-27)37(56)22-5-2-1-3-6-22/h1-17,19,21,29,31-32,35-36,57H,18,20H2,(H,52,53). The third-order valence-electron chi connectivity index (χ3n) is 12.3. The number of aromatic nitrogens is 1. The Hall–Kier alpha value is -6.38. The van der Waals surface area contributed by atoms with E-state index in [1.807, 2.05) is 0 Å². The lowest BCUT2D eigenvalue weighted by atomic mass is 9.49. The van der Waals surface area contributed by atoms with Crippen molar-refractivity contribution in [2.45, 2.75) is 30.4 Å². The van der Waals surface area contributed by atoms with E-state index in [1.165, 1.54) is 60.7 Å². The topological polar surface area (TPSA) is 137 Å². The van der Waals surface area contributed by atoms with Gasteiger partial charge >= 0.3 is 6.18 Å². The fourth-order valence-electron chi connectivity index (χ4n) is 9.66. The van der Waals surface area contributed by atoms with Crippen molar-refractivity contribution in [3.63, 3.8) is 0 Å². The summed E-state index contributed by atoms with van der Waals surface area (Å²) in [4.78, 5) is 77.0. The van der Waals surface area contributed by atoms with Gasteiger partial charge in [-0.2, -0.15) is 18.2 Å². The molecule has 3 fully saturated rings. The highest BCUT2D eigenvalue weighted by Crippen LogP contribution is 2.65. The van der Waals surface area contributed by atoms with E-state index in [2.05, 4.69) is 10.4 Å². The van der Waals surface area contributed by atoms with Gasteiger partial charge in [-0.05, 0) is 72.9 Å². The molecule has 2 N–H and O–H groups in total. The van der Waals surface area contributed by atoms with E-state index in [4.69, 9.17) is 23.2 Å². The average Bonchev–Trinajstić information content (AvgIpc) is 3.63. The number of alkyl halides is 3. The van der Waals surface area contributed by atoms with Gasteiger partial charge in [0.05, 0.1) is 39.4 Å². The predicted octanol–water partition coefficient (Wildman–Crippen LogP) is 8.67. The number of benzene rings is 4. The minimum Gasteiger partial charge on any atom is -0.505 e. The molecule has 2 aliphatic heterocycles. The molecule has 0 bridgehead atoms. The van der Waals surface area contributed by atoms with Gasteiger partial charge in [0, 0.05) is 33.8 Å². The highest BCUT2D eigenvalue weighted by molar-refractivity contribution is 6.33. The largest absolute Gasteiger partial charge is 0.505 e. The summed E-state index contributed by atoms with van der Waals surface area (Å²) >= 11 is 12.5. The van der Waals surface area contributed by atoms with E-state index >= 15 is 9.18 Å². The number of anilines is 2. The number of fused-ring (bicyclic) bond motifs is 4. The number of aromatic hydroxyl groups is 1. The van der Waals surface area contributed by atoms with E-state index in [1.54, 1.807) is 36.4 Å². The maximum Gasteiger partial charge on any atom is 0.417 e. The second kappa shape index (κ2) is 14.7. The van der Waals surface area contributed by atoms with Crippen LogP contribution in [0.4, 0.5) is 29.1 Å². The molecule has 10 nitrogen and oxygen atoms in total. The minimum atomic E-state index is -4.80. The first-order valence-corrected chi connectivity index (χ1v) is 19.8. The number of imide groups is 2. The van der Waals surface area contributed by atoms with Crippen LogP contribution in [0, 0.1) is 29.5 Å². The lowest BCUT2D eigenvalue weighted by Gasteiger charge is -2.50. The van der Waals surface area contributed by atoms with E-state index in [9.17, 15) is 37.5 Å². The highest BCUT2D eigenvalue weighted by atomic mass is 35.5. The van der Waals surface area contributed by atoms with Crippen LogP contribution in [0.15, 0.2) is 121 Å². The summed E-state index contributed by atoms with van der Waals surface area (Å²) in [6.07, 6.45) is -2.81. The Morgan fingerprint density at radius 2 is 1.52 bits per heavy atom. The van der Waals surface area contributed by atoms with E-state index in [0.717, 1.165) is 11.0 Å². The number of nitrogens with zero attached hydrogens (tertiary/aromatic N) is 3. The third-order valence-corrected chi connectivity index (χ3v) is 12.9. The first kappa shape index (κ1) is 40.0. The smallest absolute Gasteiger partial charge is 0.417 e. The molecule has 5 aromatic rings. The molecule has 2 saturated heterocycles. The highest BCUT2D eigenvalue weighted by Gasteiger charge is 2.71. The molecule has 0 radical (unpaired) electrons. The molecular weight excluding hydrogens is 839 g/mol. The lowest BCUT2D eigenvalue weighted by molar-refractivity contribution is -0.139. The Labute approximate surface area is 354 Å². The summed E-state index contributed by atoms with van der Waals surface area (Å²) in [6, 6.07) is 24.9. The number of rotatable bonds is 7. The first-order chi connectivity index (χ1) is 29.1. The SMILES string of the molecule is O=C(c1ccccc1)c1ccc(N2C(=O)C3CC=C4C(CC5C(=O)N(Nc6ncc(C(F)(F)F)cc6Cl)C(=O)C5(c5ccc(Cl)cc5)C4c4cccc(F)c4O)C3C2=O)cc1. The Balaban J connectivity index is 1.16. The average molecular weight is 870 g/mol. The zero-order chi connectivity index (χ0) is 43.1. The van der Waals surface area contributed by atoms with Crippen LogP contribution in [0.1, 0.15) is 51.4 Å². The Kier molecular flexibility index (Phi) is 9.63. The number of phenolic OH excluding ortho intramolecular Hbond substituents is 1. The number of phenols is 1. The van der Waals surface area contributed by atoms with Gasteiger partial charge in [-0.3, -0.25) is 34.3 Å². The number of ketones is 1. The molecule has 1 aromatic heterocycles. The molecular formula is C45H30Cl2F4N4O6. The van der Waals surface area contributed by atoms with Gasteiger partial charge in [-0.15, -0.1) is 0 Å². The lowest BCUT2D eigenvalue weighted by Crippen LogP contribution is -2.53. The summed E-state index contributed by atoms with van der Waals surface area (Å²) in [6.45, 7) is 0. The molecule has 4 aromatic carbocycles. The van der Waals surface area contributed by atoms with E-state index < -0.39 is 92.8 Å². The molecule has 4 aliphatic rings. The number of carbonyl (C=O) groups is 5. The summed E-state index contributed by atoms with van der Waals surface area (Å²) in [5.74, 6) is -11.1. The van der Waals surface area contributed by atoms with Crippen molar-refractivity contribution in [3.8, 4) is 5.75 Å². The fraction of sp³-hybridized carbons (Fsp3) is 0.200. The monoisotopic (exact) mass is 868 g/mol. The van der Waals surface area contributed by atoms with Gasteiger partial charge in [-0.25, -0.2) is 9.37 Å². The van der Waals surface area contributed by atoms with Gasteiger partial charge in [-0.1, -0.05) is 89.4 Å². The fourth-order valence-corrected chi connectivity index (χ4v) is 10.00. The van der Waals surface area contributed by atoms with E-state index in [0.29, 0.717) is 34.0 Å². The van der Waals surface area contributed by atoms with Crippen LogP contribution in [0.5, 0.6) is 5.75 Å². The number of nitrogens with one attached hydrogen (secondary N) is 1. The molecule has 1 saturated carbocycles. The van der Waals surface area contributed by atoms with Crippen molar-refractivity contribution in [3.05, 3.63) is 165 Å². The number of carbonyl (C=O) groups excluding carboxylic acids is 5. The van der Waals surface area contributed by atoms with Gasteiger partial charge in [0.2, 0.25) is 11.8 Å². The van der Waals surface area contributed by atoms with Gasteiger partial charge < -0.3 is 5.11 Å². The van der Waals surface area contributed by atoms with Crippen molar-refractivity contribution < 1.29 is 46.6 Å². The van der Waals surface area contributed by atoms with Crippen molar-refractivity contribution in [1.82, 2.24) is 9.99 Å². The third kappa shape index (κ3) is 6.22. The van der Waals surface area contributed by atoms with Crippen LogP contribution in [0.3, 0.4) is 0 Å².